The van der Waals surface area contributed by atoms with E-state index in [4.69, 9.17) is 4.42 Å². The molecular formula is C23H27FN2O3. The number of halogens is 1. The maximum atomic E-state index is 13.7. The van der Waals surface area contributed by atoms with Crippen LogP contribution in [0.5, 0.6) is 0 Å². The lowest BCUT2D eigenvalue weighted by Crippen LogP contribution is -2.39. The summed E-state index contributed by atoms with van der Waals surface area (Å²) in [5.41, 5.74) is 0.401. The van der Waals surface area contributed by atoms with E-state index < -0.39 is 0 Å². The third kappa shape index (κ3) is 6.31. The molecule has 1 atom stereocenters. The van der Waals surface area contributed by atoms with Crippen LogP contribution in [0.15, 0.2) is 46.9 Å². The maximum absolute atomic E-state index is 13.7. The number of amides is 2. The van der Waals surface area contributed by atoms with Gasteiger partial charge in [0.15, 0.2) is 0 Å². The van der Waals surface area contributed by atoms with Gasteiger partial charge in [-0.25, -0.2) is 4.39 Å². The number of hydrogen-bond donors (Lipinski definition) is 1. The number of carbonyl (C=O) groups is 2. The lowest BCUT2D eigenvalue weighted by Gasteiger charge is -2.32. The summed E-state index contributed by atoms with van der Waals surface area (Å²) in [5.74, 6) is 1.39. The van der Waals surface area contributed by atoms with E-state index in [9.17, 15) is 14.0 Å². The summed E-state index contributed by atoms with van der Waals surface area (Å²) < 4.78 is 19.1. The highest BCUT2D eigenvalue weighted by atomic mass is 19.1. The van der Waals surface area contributed by atoms with Crippen molar-refractivity contribution in [3.05, 3.63) is 65.4 Å². The molecule has 1 unspecified atom stereocenters. The number of carbonyl (C=O) groups excluding carboxylic acids is 2. The molecule has 0 saturated carbocycles. The second kappa shape index (κ2) is 10.0. The molecule has 1 saturated heterocycles. The minimum atomic E-state index is -0.344. The molecule has 6 heteroatoms. The Morgan fingerprint density at radius 1 is 1.28 bits per heavy atom. The number of nitrogens with zero attached hydrogens (tertiary/aromatic N) is 1. The van der Waals surface area contributed by atoms with Crippen LogP contribution in [0.2, 0.25) is 0 Å². The molecule has 5 nitrogen and oxygen atoms in total. The van der Waals surface area contributed by atoms with Crippen molar-refractivity contribution < 1.29 is 18.4 Å². The Kier molecular flexibility index (Phi) is 7.22. The van der Waals surface area contributed by atoms with Gasteiger partial charge in [-0.15, -0.1) is 0 Å². The van der Waals surface area contributed by atoms with Crippen LogP contribution in [0.3, 0.4) is 0 Å². The zero-order valence-electron chi connectivity index (χ0n) is 16.7. The first-order chi connectivity index (χ1) is 14.0. The number of benzene rings is 1. The molecule has 3 rings (SSSR count). The molecule has 1 aliphatic heterocycles. The van der Waals surface area contributed by atoms with Crippen molar-refractivity contribution in [3.8, 4) is 0 Å². The molecular weight excluding hydrogens is 371 g/mol. The Bertz CT molecular complexity index is 875. The molecule has 0 bridgehead atoms. The van der Waals surface area contributed by atoms with Gasteiger partial charge in [0.05, 0.1) is 6.54 Å². The normalized spacial score (nSPS) is 16.9. The van der Waals surface area contributed by atoms with Gasteiger partial charge in [-0.2, -0.15) is 0 Å². The quantitative estimate of drug-likeness (QED) is 0.715. The van der Waals surface area contributed by atoms with Gasteiger partial charge in [0, 0.05) is 31.1 Å². The minimum absolute atomic E-state index is 0.0121. The average Bonchev–Trinajstić information content (AvgIpc) is 3.15. The number of furan rings is 1. The van der Waals surface area contributed by atoms with Gasteiger partial charge in [-0.3, -0.25) is 9.59 Å². The van der Waals surface area contributed by atoms with Gasteiger partial charge in [-0.1, -0.05) is 18.2 Å². The maximum Gasteiger partial charge on any atom is 0.246 e. The molecule has 2 heterocycles. The molecule has 1 N–H and O–H groups in total. The standard InChI is InChI=1S/C23H27FN2O3/c1-17-8-11-20(29-17)15-25-22(27)12-9-18-5-4-14-26(16-18)23(28)13-10-19-6-2-3-7-21(19)24/h2-3,6-8,10-11,13,18H,4-5,9,12,14-16H2,1H3,(H,25,27)/b13-10+. The third-order valence-electron chi connectivity index (χ3n) is 5.18. The predicted octanol–water partition coefficient (Wildman–Crippen LogP) is 4.08. The number of piperidine rings is 1. The number of rotatable bonds is 7. The third-order valence-corrected chi connectivity index (χ3v) is 5.18. The fraction of sp³-hybridized carbons (Fsp3) is 0.391. The number of likely N-dealkylation sites (tertiary alicyclic amines) is 1. The topological polar surface area (TPSA) is 62.6 Å². The van der Waals surface area contributed by atoms with Crippen molar-refractivity contribution in [2.45, 2.75) is 39.2 Å². The second-order valence-electron chi connectivity index (χ2n) is 7.48. The van der Waals surface area contributed by atoms with E-state index in [-0.39, 0.29) is 17.6 Å². The lowest BCUT2D eigenvalue weighted by atomic mass is 9.93. The summed E-state index contributed by atoms with van der Waals surface area (Å²) in [6, 6.07) is 10.1. The first-order valence-corrected chi connectivity index (χ1v) is 10.0. The van der Waals surface area contributed by atoms with E-state index >= 15 is 0 Å². The number of nitrogens with one attached hydrogen (secondary N) is 1. The summed E-state index contributed by atoms with van der Waals surface area (Å²) in [6.45, 7) is 3.59. The van der Waals surface area contributed by atoms with Gasteiger partial charge in [-0.05, 0) is 56.4 Å². The molecule has 0 radical (unpaired) electrons. The van der Waals surface area contributed by atoms with E-state index in [0.29, 0.717) is 37.5 Å². The van der Waals surface area contributed by atoms with Crippen molar-refractivity contribution in [3.63, 3.8) is 0 Å². The zero-order chi connectivity index (χ0) is 20.6. The number of hydrogen-bond acceptors (Lipinski definition) is 3. The Labute approximate surface area is 170 Å². The van der Waals surface area contributed by atoms with Crippen molar-refractivity contribution in [2.75, 3.05) is 13.1 Å². The summed E-state index contributed by atoms with van der Waals surface area (Å²) in [5, 5.41) is 2.87. The van der Waals surface area contributed by atoms with Gasteiger partial charge >= 0.3 is 0 Å². The summed E-state index contributed by atoms with van der Waals surface area (Å²) in [6.07, 6.45) is 6.04. The van der Waals surface area contributed by atoms with Gasteiger partial charge < -0.3 is 14.6 Å². The predicted molar refractivity (Wildman–Crippen MR) is 109 cm³/mol. The van der Waals surface area contributed by atoms with E-state index in [1.54, 1.807) is 23.1 Å². The molecule has 2 aromatic rings. The van der Waals surface area contributed by atoms with Crippen molar-refractivity contribution in [2.24, 2.45) is 5.92 Å². The van der Waals surface area contributed by atoms with Crippen molar-refractivity contribution >= 4 is 17.9 Å². The average molecular weight is 398 g/mol. The molecule has 0 aliphatic carbocycles. The SMILES string of the molecule is Cc1ccc(CNC(=O)CCC2CCCN(C(=O)/C=C/c3ccccc3F)C2)o1. The van der Waals surface area contributed by atoms with Crippen molar-refractivity contribution in [1.29, 1.82) is 0 Å². The van der Waals surface area contributed by atoms with E-state index in [2.05, 4.69) is 5.32 Å². The van der Waals surface area contributed by atoms with Gasteiger partial charge in [0.25, 0.3) is 0 Å². The minimum Gasteiger partial charge on any atom is -0.465 e. The lowest BCUT2D eigenvalue weighted by molar-refractivity contribution is -0.127. The fourth-order valence-electron chi connectivity index (χ4n) is 3.57. The van der Waals surface area contributed by atoms with Crippen LogP contribution in [-0.2, 0) is 16.1 Å². The van der Waals surface area contributed by atoms with Crippen LogP contribution in [0, 0.1) is 18.7 Å². The molecule has 1 fully saturated rings. The summed E-state index contributed by atoms with van der Waals surface area (Å²) >= 11 is 0. The zero-order valence-corrected chi connectivity index (χ0v) is 16.7. The van der Waals surface area contributed by atoms with Crippen LogP contribution in [-0.4, -0.2) is 29.8 Å². The Balaban J connectivity index is 1.43. The van der Waals surface area contributed by atoms with Gasteiger partial charge in [0.2, 0.25) is 11.8 Å². The molecule has 154 valence electrons. The summed E-state index contributed by atoms with van der Waals surface area (Å²) in [4.78, 5) is 26.3. The van der Waals surface area contributed by atoms with Crippen LogP contribution < -0.4 is 5.32 Å². The van der Waals surface area contributed by atoms with Crippen LogP contribution in [0.4, 0.5) is 4.39 Å². The summed E-state index contributed by atoms with van der Waals surface area (Å²) in [7, 11) is 0. The second-order valence-corrected chi connectivity index (χ2v) is 7.48. The molecule has 0 spiro atoms. The Morgan fingerprint density at radius 3 is 2.86 bits per heavy atom. The molecule has 1 aromatic heterocycles. The molecule has 1 aromatic carbocycles. The van der Waals surface area contributed by atoms with E-state index in [0.717, 1.165) is 30.8 Å². The first kappa shape index (κ1) is 20.8. The molecule has 1 aliphatic rings. The Morgan fingerprint density at radius 2 is 2.10 bits per heavy atom. The highest BCUT2D eigenvalue weighted by Gasteiger charge is 2.23. The van der Waals surface area contributed by atoms with Crippen molar-refractivity contribution in [1.82, 2.24) is 10.2 Å². The molecule has 2 amide bonds. The highest BCUT2D eigenvalue weighted by molar-refractivity contribution is 5.91. The van der Waals surface area contributed by atoms with E-state index in [1.807, 2.05) is 19.1 Å². The fourth-order valence-corrected chi connectivity index (χ4v) is 3.57. The van der Waals surface area contributed by atoms with Crippen LogP contribution in [0.25, 0.3) is 6.08 Å². The van der Waals surface area contributed by atoms with Gasteiger partial charge in [0.1, 0.15) is 17.3 Å². The van der Waals surface area contributed by atoms with E-state index in [1.165, 1.54) is 18.2 Å². The Hall–Kier alpha value is -2.89. The van der Waals surface area contributed by atoms with Crippen LogP contribution >= 0.6 is 0 Å². The monoisotopic (exact) mass is 398 g/mol. The first-order valence-electron chi connectivity index (χ1n) is 10.0. The molecule has 29 heavy (non-hydrogen) atoms. The highest BCUT2D eigenvalue weighted by Crippen LogP contribution is 2.21. The largest absolute Gasteiger partial charge is 0.465 e. The number of aryl methyl sites for hydroxylation is 1. The van der Waals surface area contributed by atoms with Crippen LogP contribution in [0.1, 0.15) is 42.8 Å². The smallest absolute Gasteiger partial charge is 0.246 e.